The highest BCUT2D eigenvalue weighted by Gasteiger charge is 2.36. The lowest BCUT2D eigenvalue weighted by Crippen LogP contribution is -2.46. The van der Waals surface area contributed by atoms with Crippen LogP contribution in [0.5, 0.6) is 0 Å². The SMILES string of the molecule is CSc1ccc(N2C(=O)NC(c3cccc(Cl)c3)C(c3nc(-c4cccs4)no3)=C2C)cc1. The van der Waals surface area contributed by atoms with Crippen molar-refractivity contribution in [1.29, 1.82) is 0 Å². The zero-order chi connectivity index (χ0) is 22.9. The van der Waals surface area contributed by atoms with Crippen LogP contribution in [-0.4, -0.2) is 22.4 Å². The Morgan fingerprint density at radius 2 is 1.97 bits per heavy atom. The van der Waals surface area contributed by atoms with E-state index in [0.717, 1.165) is 26.6 Å². The van der Waals surface area contributed by atoms with Crippen LogP contribution >= 0.6 is 34.7 Å². The van der Waals surface area contributed by atoms with Gasteiger partial charge in [0.1, 0.15) is 0 Å². The molecule has 0 aliphatic carbocycles. The summed E-state index contributed by atoms with van der Waals surface area (Å²) in [7, 11) is 0. The number of thioether (sulfide) groups is 1. The topological polar surface area (TPSA) is 71.3 Å². The van der Waals surface area contributed by atoms with E-state index in [1.807, 2.05) is 73.2 Å². The number of benzene rings is 2. The number of hydrogen-bond acceptors (Lipinski definition) is 6. The molecule has 0 fully saturated rings. The van der Waals surface area contributed by atoms with Gasteiger partial charge >= 0.3 is 6.03 Å². The largest absolute Gasteiger partial charge is 0.334 e. The van der Waals surface area contributed by atoms with Gasteiger partial charge in [0.05, 0.1) is 22.2 Å². The number of thiophene rings is 1. The minimum Gasteiger partial charge on any atom is -0.334 e. The fraction of sp³-hybridized carbons (Fsp3) is 0.125. The molecule has 4 aromatic rings. The van der Waals surface area contributed by atoms with Gasteiger partial charge in [-0.1, -0.05) is 35.0 Å². The molecule has 1 N–H and O–H groups in total. The summed E-state index contributed by atoms with van der Waals surface area (Å²) in [5.74, 6) is 0.865. The number of hydrogen-bond donors (Lipinski definition) is 1. The summed E-state index contributed by atoms with van der Waals surface area (Å²) in [5.41, 5.74) is 3.02. The third-order valence-electron chi connectivity index (χ3n) is 5.40. The Hall–Kier alpha value is -3.07. The first-order valence-corrected chi connectivity index (χ1v) is 12.6. The van der Waals surface area contributed by atoms with Gasteiger partial charge in [-0.2, -0.15) is 4.98 Å². The lowest BCUT2D eigenvalue weighted by atomic mass is 9.94. The van der Waals surface area contributed by atoms with Crippen molar-refractivity contribution in [2.24, 2.45) is 0 Å². The number of carbonyl (C=O) groups excluding carboxylic acids is 1. The maximum absolute atomic E-state index is 13.3. The monoisotopic (exact) mass is 494 g/mol. The van der Waals surface area contributed by atoms with Crippen LogP contribution in [-0.2, 0) is 0 Å². The molecule has 1 unspecified atom stereocenters. The Morgan fingerprint density at radius 1 is 1.15 bits per heavy atom. The van der Waals surface area contributed by atoms with E-state index >= 15 is 0 Å². The van der Waals surface area contributed by atoms with E-state index in [1.165, 1.54) is 11.3 Å². The molecule has 1 aliphatic rings. The van der Waals surface area contributed by atoms with Crippen molar-refractivity contribution in [1.82, 2.24) is 15.5 Å². The normalized spacial score (nSPS) is 16.3. The highest BCUT2D eigenvalue weighted by molar-refractivity contribution is 7.98. The van der Waals surface area contributed by atoms with Crippen molar-refractivity contribution in [2.75, 3.05) is 11.2 Å². The molecular weight excluding hydrogens is 476 g/mol. The van der Waals surface area contributed by atoms with Gasteiger partial charge in [-0.3, -0.25) is 4.90 Å². The van der Waals surface area contributed by atoms with Gasteiger partial charge in [-0.05, 0) is 66.6 Å². The summed E-state index contributed by atoms with van der Waals surface area (Å²) in [5, 5.41) is 9.83. The summed E-state index contributed by atoms with van der Waals surface area (Å²) in [6, 6.07) is 18.4. The first kappa shape index (κ1) is 21.8. The molecule has 1 atom stereocenters. The molecule has 6 nitrogen and oxygen atoms in total. The minimum absolute atomic E-state index is 0.240. The summed E-state index contributed by atoms with van der Waals surface area (Å²) >= 11 is 9.45. The van der Waals surface area contributed by atoms with Gasteiger partial charge in [0, 0.05) is 15.6 Å². The van der Waals surface area contributed by atoms with Gasteiger partial charge in [0.25, 0.3) is 5.89 Å². The van der Waals surface area contributed by atoms with E-state index in [0.29, 0.717) is 22.4 Å². The third-order valence-corrected chi connectivity index (χ3v) is 7.24. The Labute approximate surface area is 204 Å². The fourth-order valence-electron chi connectivity index (χ4n) is 3.84. The molecule has 0 saturated carbocycles. The Bertz CT molecular complexity index is 1330. The van der Waals surface area contributed by atoms with E-state index in [4.69, 9.17) is 16.1 Å². The number of carbonyl (C=O) groups is 1. The van der Waals surface area contributed by atoms with Crippen LogP contribution in [0.2, 0.25) is 5.02 Å². The maximum Gasteiger partial charge on any atom is 0.326 e. The minimum atomic E-state index is -0.491. The number of urea groups is 1. The first-order valence-electron chi connectivity index (χ1n) is 10.1. The van der Waals surface area contributed by atoms with E-state index in [9.17, 15) is 4.79 Å². The van der Waals surface area contributed by atoms with E-state index in [2.05, 4.69) is 15.5 Å². The molecule has 33 heavy (non-hydrogen) atoms. The highest BCUT2D eigenvalue weighted by Crippen LogP contribution is 2.40. The Morgan fingerprint density at radius 3 is 2.67 bits per heavy atom. The molecule has 0 spiro atoms. The summed E-state index contributed by atoms with van der Waals surface area (Å²) in [6.45, 7) is 1.89. The average Bonchev–Trinajstić information content (AvgIpc) is 3.51. The number of halogens is 1. The summed E-state index contributed by atoms with van der Waals surface area (Å²) < 4.78 is 5.71. The maximum atomic E-state index is 13.3. The third kappa shape index (κ3) is 4.17. The van der Waals surface area contributed by atoms with Gasteiger partial charge in [-0.25, -0.2) is 4.79 Å². The molecule has 2 aromatic heterocycles. The smallest absolute Gasteiger partial charge is 0.326 e. The van der Waals surface area contributed by atoms with Gasteiger partial charge in [0.2, 0.25) is 5.82 Å². The standard InChI is InChI=1S/C24H19ClN4O2S2/c1-14-20(23-27-22(28-31-23)19-7-4-12-33-19)21(15-5-3-6-16(25)13-15)26-24(30)29(14)17-8-10-18(32-2)11-9-17/h3-13,21H,1-2H3,(H,26,30). The number of anilines is 1. The molecular formula is C24H19ClN4O2S2. The number of amides is 2. The second kappa shape index (κ2) is 9.05. The lowest BCUT2D eigenvalue weighted by molar-refractivity contribution is 0.244. The van der Waals surface area contributed by atoms with E-state index in [-0.39, 0.29) is 6.03 Å². The van der Waals surface area contributed by atoms with Crippen molar-refractivity contribution >= 4 is 52.0 Å². The Balaban J connectivity index is 1.65. The summed E-state index contributed by atoms with van der Waals surface area (Å²) in [6.07, 6.45) is 2.02. The lowest BCUT2D eigenvalue weighted by Gasteiger charge is -2.35. The van der Waals surface area contributed by atoms with Gasteiger partial charge in [-0.15, -0.1) is 23.1 Å². The molecule has 2 amide bonds. The Kier molecular flexibility index (Phi) is 5.97. The molecule has 5 rings (SSSR count). The number of rotatable bonds is 5. The number of aromatic nitrogens is 2. The van der Waals surface area contributed by atoms with Crippen LogP contribution in [0.3, 0.4) is 0 Å². The fourth-order valence-corrected chi connectivity index (χ4v) is 5.09. The van der Waals surface area contributed by atoms with Crippen molar-refractivity contribution < 1.29 is 9.32 Å². The van der Waals surface area contributed by atoms with Crippen LogP contribution in [0.4, 0.5) is 10.5 Å². The van der Waals surface area contributed by atoms with Crippen LogP contribution < -0.4 is 10.2 Å². The number of nitrogens with zero attached hydrogens (tertiary/aromatic N) is 3. The van der Waals surface area contributed by atoms with Gasteiger partial charge in [0.15, 0.2) is 0 Å². The molecule has 2 aromatic carbocycles. The molecule has 0 radical (unpaired) electrons. The van der Waals surface area contributed by atoms with Crippen molar-refractivity contribution in [3.63, 3.8) is 0 Å². The number of allylic oxidation sites excluding steroid dienone is 1. The molecule has 3 heterocycles. The second-order valence-electron chi connectivity index (χ2n) is 7.37. The first-order chi connectivity index (χ1) is 16.0. The molecule has 0 bridgehead atoms. The van der Waals surface area contributed by atoms with Crippen molar-refractivity contribution in [3.05, 3.63) is 88.2 Å². The average molecular weight is 495 g/mol. The van der Waals surface area contributed by atoms with Crippen LogP contribution in [0.25, 0.3) is 16.3 Å². The van der Waals surface area contributed by atoms with E-state index in [1.54, 1.807) is 22.7 Å². The second-order valence-corrected chi connectivity index (χ2v) is 9.63. The van der Waals surface area contributed by atoms with Crippen molar-refractivity contribution in [3.8, 4) is 10.7 Å². The number of nitrogens with one attached hydrogen (secondary N) is 1. The van der Waals surface area contributed by atoms with Crippen molar-refractivity contribution in [2.45, 2.75) is 17.9 Å². The van der Waals surface area contributed by atoms with Crippen LogP contribution in [0.1, 0.15) is 24.4 Å². The molecule has 1 aliphatic heterocycles. The van der Waals surface area contributed by atoms with E-state index < -0.39 is 6.04 Å². The molecule has 9 heteroatoms. The summed E-state index contributed by atoms with van der Waals surface area (Å²) in [4.78, 5) is 21.6. The quantitative estimate of drug-likeness (QED) is 0.306. The highest BCUT2D eigenvalue weighted by atomic mass is 35.5. The zero-order valence-corrected chi connectivity index (χ0v) is 20.2. The molecule has 166 valence electrons. The predicted octanol–water partition coefficient (Wildman–Crippen LogP) is 6.88. The van der Waals surface area contributed by atoms with Crippen LogP contribution in [0, 0.1) is 0 Å². The van der Waals surface area contributed by atoms with Gasteiger partial charge < -0.3 is 9.84 Å². The molecule has 0 saturated heterocycles. The predicted molar refractivity (Wildman–Crippen MR) is 134 cm³/mol. The zero-order valence-electron chi connectivity index (χ0n) is 17.8. The van der Waals surface area contributed by atoms with Crippen LogP contribution in [0.15, 0.2) is 81.2 Å².